The van der Waals surface area contributed by atoms with Gasteiger partial charge < -0.3 is 10.1 Å². The second kappa shape index (κ2) is 4.40. The SMILES string of the molecule is [c]1ccc(C2CNCCCO2)cc1. The van der Waals surface area contributed by atoms with E-state index in [1.54, 1.807) is 0 Å². The molecule has 1 fully saturated rings. The van der Waals surface area contributed by atoms with Gasteiger partial charge in [0.15, 0.2) is 0 Å². The van der Waals surface area contributed by atoms with E-state index in [2.05, 4.69) is 23.5 Å². The lowest BCUT2D eigenvalue weighted by Crippen LogP contribution is -2.19. The van der Waals surface area contributed by atoms with E-state index in [0.29, 0.717) is 0 Å². The van der Waals surface area contributed by atoms with Gasteiger partial charge in [0.25, 0.3) is 0 Å². The van der Waals surface area contributed by atoms with Crippen LogP contribution in [0.4, 0.5) is 0 Å². The molecule has 69 valence electrons. The molecule has 1 aromatic carbocycles. The van der Waals surface area contributed by atoms with Crippen LogP contribution in [0.25, 0.3) is 0 Å². The Morgan fingerprint density at radius 2 is 2.23 bits per heavy atom. The third-order valence-corrected chi connectivity index (χ3v) is 2.26. The molecular weight excluding hydrogens is 162 g/mol. The lowest BCUT2D eigenvalue weighted by Gasteiger charge is -2.14. The zero-order chi connectivity index (χ0) is 8.93. The van der Waals surface area contributed by atoms with Crippen molar-refractivity contribution in [1.29, 1.82) is 0 Å². The first-order valence-corrected chi connectivity index (χ1v) is 4.75. The Morgan fingerprint density at radius 3 is 3.08 bits per heavy atom. The molecule has 2 rings (SSSR count). The van der Waals surface area contributed by atoms with Crippen LogP contribution in [0.15, 0.2) is 24.3 Å². The number of rotatable bonds is 1. The van der Waals surface area contributed by atoms with Gasteiger partial charge in [-0.3, -0.25) is 0 Å². The normalized spacial score (nSPS) is 23.8. The summed E-state index contributed by atoms with van der Waals surface area (Å²) in [6.45, 7) is 2.84. The molecule has 0 bridgehead atoms. The van der Waals surface area contributed by atoms with Crippen molar-refractivity contribution in [3.8, 4) is 0 Å². The van der Waals surface area contributed by atoms with Gasteiger partial charge in [0.1, 0.15) is 0 Å². The van der Waals surface area contributed by atoms with Crippen molar-refractivity contribution in [3.63, 3.8) is 0 Å². The first-order chi connectivity index (χ1) is 6.47. The molecular formula is C11H14NO. The minimum atomic E-state index is 0.220. The Hall–Kier alpha value is -0.860. The van der Waals surface area contributed by atoms with Crippen LogP contribution < -0.4 is 5.32 Å². The summed E-state index contributed by atoms with van der Waals surface area (Å²) < 4.78 is 5.71. The van der Waals surface area contributed by atoms with Gasteiger partial charge in [-0.1, -0.05) is 24.3 Å². The van der Waals surface area contributed by atoms with Gasteiger partial charge in [-0.05, 0) is 24.6 Å². The van der Waals surface area contributed by atoms with E-state index >= 15 is 0 Å². The summed E-state index contributed by atoms with van der Waals surface area (Å²) in [5.74, 6) is 0. The van der Waals surface area contributed by atoms with Crippen molar-refractivity contribution in [2.75, 3.05) is 19.7 Å². The second-order valence-electron chi connectivity index (χ2n) is 3.25. The first kappa shape index (κ1) is 8.73. The number of nitrogens with one attached hydrogen (secondary N) is 1. The van der Waals surface area contributed by atoms with Gasteiger partial charge in [0.2, 0.25) is 0 Å². The molecule has 1 radical (unpaired) electrons. The van der Waals surface area contributed by atoms with E-state index in [-0.39, 0.29) is 6.10 Å². The third kappa shape index (κ3) is 2.29. The van der Waals surface area contributed by atoms with Crippen molar-refractivity contribution < 1.29 is 4.74 Å². The maximum atomic E-state index is 5.71. The fourth-order valence-electron chi connectivity index (χ4n) is 1.54. The van der Waals surface area contributed by atoms with Crippen molar-refractivity contribution in [2.45, 2.75) is 12.5 Å². The quantitative estimate of drug-likeness (QED) is 0.700. The molecule has 1 heterocycles. The highest BCUT2D eigenvalue weighted by Gasteiger charge is 2.13. The first-order valence-electron chi connectivity index (χ1n) is 4.75. The molecule has 0 aromatic heterocycles. The second-order valence-corrected chi connectivity index (χ2v) is 3.25. The van der Waals surface area contributed by atoms with Crippen LogP contribution in [-0.2, 0) is 4.74 Å². The topological polar surface area (TPSA) is 21.3 Å². The molecule has 0 spiro atoms. The molecule has 1 unspecified atom stereocenters. The van der Waals surface area contributed by atoms with E-state index in [1.807, 2.05) is 12.1 Å². The summed E-state index contributed by atoms with van der Waals surface area (Å²) in [5.41, 5.74) is 1.24. The molecule has 1 aromatic rings. The van der Waals surface area contributed by atoms with Gasteiger partial charge in [0.05, 0.1) is 6.10 Å². The highest BCUT2D eigenvalue weighted by molar-refractivity contribution is 5.17. The summed E-state index contributed by atoms with van der Waals surface area (Å²) >= 11 is 0. The molecule has 13 heavy (non-hydrogen) atoms. The zero-order valence-electron chi connectivity index (χ0n) is 7.62. The van der Waals surface area contributed by atoms with E-state index in [0.717, 1.165) is 26.1 Å². The molecule has 0 amide bonds. The molecule has 2 nitrogen and oxygen atoms in total. The van der Waals surface area contributed by atoms with Crippen LogP contribution >= 0.6 is 0 Å². The number of hydrogen-bond donors (Lipinski definition) is 1. The smallest absolute Gasteiger partial charge is 0.0949 e. The maximum Gasteiger partial charge on any atom is 0.0949 e. The third-order valence-electron chi connectivity index (χ3n) is 2.26. The van der Waals surface area contributed by atoms with E-state index in [9.17, 15) is 0 Å². The fraction of sp³-hybridized carbons (Fsp3) is 0.455. The Morgan fingerprint density at radius 1 is 1.38 bits per heavy atom. The number of ether oxygens (including phenoxy) is 1. The average molecular weight is 176 g/mol. The number of benzene rings is 1. The summed E-state index contributed by atoms with van der Waals surface area (Å²) in [4.78, 5) is 0. The summed E-state index contributed by atoms with van der Waals surface area (Å²) in [6, 6.07) is 11.0. The summed E-state index contributed by atoms with van der Waals surface area (Å²) in [6.07, 6.45) is 1.33. The monoisotopic (exact) mass is 176 g/mol. The minimum Gasteiger partial charge on any atom is -0.372 e. The molecule has 0 saturated carbocycles. The zero-order valence-corrected chi connectivity index (χ0v) is 7.62. The highest BCUT2D eigenvalue weighted by Crippen LogP contribution is 2.17. The summed E-state index contributed by atoms with van der Waals surface area (Å²) in [5, 5.41) is 3.36. The Kier molecular flexibility index (Phi) is 2.95. The van der Waals surface area contributed by atoms with Crippen molar-refractivity contribution in [3.05, 3.63) is 35.9 Å². The van der Waals surface area contributed by atoms with E-state index in [1.165, 1.54) is 5.56 Å². The molecule has 1 saturated heterocycles. The minimum absolute atomic E-state index is 0.220. The number of hydrogen-bond acceptors (Lipinski definition) is 2. The largest absolute Gasteiger partial charge is 0.372 e. The molecule has 1 atom stereocenters. The predicted octanol–water partition coefficient (Wildman–Crippen LogP) is 1.54. The Labute approximate surface area is 78.9 Å². The van der Waals surface area contributed by atoms with Crippen LogP contribution in [0.3, 0.4) is 0 Å². The van der Waals surface area contributed by atoms with Gasteiger partial charge in [0, 0.05) is 13.2 Å². The standard InChI is InChI=1S/C11H14NO/c1-2-5-10(6-3-1)11-9-12-7-4-8-13-11/h2-3,5-6,11-12H,4,7-9H2. The van der Waals surface area contributed by atoms with Crippen molar-refractivity contribution in [2.24, 2.45) is 0 Å². The molecule has 1 N–H and O–H groups in total. The lowest BCUT2D eigenvalue weighted by molar-refractivity contribution is 0.0669. The van der Waals surface area contributed by atoms with Crippen molar-refractivity contribution >= 4 is 0 Å². The fourth-order valence-corrected chi connectivity index (χ4v) is 1.54. The van der Waals surface area contributed by atoms with Crippen LogP contribution in [0.5, 0.6) is 0 Å². The molecule has 2 heteroatoms. The van der Waals surface area contributed by atoms with Gasteiger partial charge in [-0.25, -0.2) is 0 Å². The van der Waals surface area contributed by atoms with Crippen molar-refractivity contribution in [1.82, 2.24) is 5.32 Å². The lowest BCUT2D eigenvalue weighted by atomic mass is 10.1. The highest BCUT2D eigenvalue weighted by atomic mass is 16.5. The van der Waals surface area contributed by atoms with Crippen LogP contribution in [0, 0.1) is 6.07 Å². The Balaban J connectivity index is 2.06. The van der Waals surface area contributed by atoms with Crippen LogP contribution in [0.2, 0.25) is 0 Å². The molecule has 1 aliphatic heterocycles. The van der Waals surface area contributed by atoms with Gasteiger partial charge in [-0.2, -0.15) is 0 Å². The van der Waals surface area contributed by atoms with E-state index in [4.69, 9.17) is 4.74 Å². The van der Waals surface area contributed by atoms with Crippen LogP contribution in [-0.4, -0.2) is 19.7 Å². The van der Waals surface area contributed by atoms with Crippen LogP contribution in [0.1, 0.15) is 18.1 Å². The molecule has 0 aliphatic carbocycles. The van der Waals surface area contributed by atoms with Gasteiger partial charge in [-0.15, -0.1) is 0 Å². The van der Waals surface area contributed by atoms with E-state index < -0.39 is 0 Å². The molecule has 1 aliphatic rings. The predicted molar refractivity (Wildman–Crippen MR) is 51.5 cm³/mol. The Bertz CT molecular complexity index is 240. The average Bonchev–Trinajstić information content (AvgIpc) is 2.47. The van der Waals surface area contributed by atoms with Gasteiger partial charge >= 0.3 is 0 Å². The maximum absolute atomic E-state index is 5.71. The summed E-state index contributed by atoms with van der Waals surface area (Å²) in [7, 11) is 0.